The Labute approximate surface area is 117 Å². The van der Waals surface area contributed by atoms with E-state index in [0.29, 0.717) is 6.54 Å². The molecule has 0 bridgehead atoms. The van der Waals surface area contributed by atoms with Crippen LogP contribution in [0.3, 0.4) is 0 Å². The normalized spacial score (nSPS) is 11.4. The lowest BCUT2D eigenvalue weighted by Gasteiger charge is -2.07. The Balaban J connectivity index is 2.02. The SMILES string of the molecule is CCNS(=O)(=O)c1ccc(NCc2cccs2)cc1. The highest BCUT2D eigenvalue weighted by molar-refractivity contribution is 7.89. The molecule has 1 aromatic heterocycles. The van der Waals surface area contributed by atoms with E-state index >= 15 is 0 Å². The second-order valence-electron chi connectivity index (χ2n) is 3.96. The molecule has 0 spiro atoms. The number of nitrogens with one attached hydrogen (secondary N) is 2. The molecule has 1 heterocycles. The standard InChI is InChI=1S/C13H16N2O2S2/c1-2-15-19(16,17)13-7-5-11(6-8-13)14-10-12-4-3-9-18-12/h3-9,14-15H,2,10H2,1H3. The molecule has 1 aromatic carbocycles. The fraction of sp³-hybridized carbons (Fsp3) is 0.231. The molecule has 0 atom stereocenters. The van der Waals surface area contributed by atoms with Crippen LogP contribution in [0.15, 0.2) is 46.7 Å². The van der Waals surface area contributed by atoms with Gasteiger partial charge in [-0.3, -0.25) is 0 Å². The van der Waals surface area contributed by atoms with E-state index in [9.17, 15) is 8.42 Å². The minimum Gasteiger partial charge on any atom is -0.380 e. The van der Waals surface area contributed by atoms with Gasteiger partial charge in [0.25, 0.3) is 0 Å². The zero-order valence-electron chi connectivity index (χ0n) is 10.6. The maximum absolute atomic E-state index is 11.8. The summed E-state index contributed by atoms with van der Waals surface area (Å²) >= 11 is 1.69. The third-order valence-corrected chi connectivity index (χ3v) is 4.98. The predicted octanol–water partition coefficient (Wildman–Crippen LogP) is 2.66. The first-order valence-electron chi connectivity index (χ1n) is 5.98. The average Bonchev–Trinajstić information content (AvgIpc) is 2.90. The maximum Gasteiger partial charge on any atom is 0.240 e. The van der Waals surface area contributed by atoms with Crippen molar-refractivity contribution in [3.63, 3.8) is 0 Å². The van der Waals surface area contributed by atoms with E-state index in [0.717, 1.165) is 12.2 Å². The van der Waals surface area contributed by atoms with Gasteiger partial charge in [0, 0.05) is 23.7 Å². The zero-order valence-corrected chi connectivity index (χ0v) is 12.2. The average molecular weight is 296 g/mol. The summed E-state index contributed by atoms with van der Waals surface area (Å²) in [6, 6.07) is 10.8. The molecule has 0 unspecified atom stereocenters. The molecule has 2 rings (SSSR count). The molecule has 2 N–H and O–H groups in total. The van der Waals surface area contributed by atoms with Crippen molar-refractivity contribution >= 4 is 27.0 Å². The van der Waals surface area contributed by atoms with Crippen molar-refractivity contribution in [1.82, 2.24) is 4.72 Å². The molecule has 0 amide bonds. The van der Waals surface area contributed by atoms with Gasteiger partial charge in [-0.05, 0) is 35.7 Å². The van der Waals surface area contributed by atoms with Crippen molar-refractivity contribution in [1.29, 1.82) is 0 Å². The van der Waals surface area contributed by atoms with Crippen LogP contribution in [0.2, 0.25) is 0 Å². The number of hydrogen-bond acceptors (Lipinski definition) is 4. The van der Waals surface area contributed by atoms with Crippen molar-refractivity contribution in [2.24, 2.45) is 0 Å². The second kappa shape index (κ2) is 6.18. The van der Waals surface area contributed by atoms with E-state index in [2.05, 4.69) is 16.1 Å². The molecule has 4 nitrogen and oxygen atoms in total. The van der Waals surface area contributed by atoms with Crippen LogP contribution < -0.4 is 10.0 Å². The molecular formula is C13H16N2O2S2. The number of benzene rings is 1. The summed E-state index contributed by atoms with van der Waals surface area (Å²) in [6.07, 6.45) is 0. The molecule has 2 aromatic rings. The van der Waals surface area contributed by atoms with Crippen molar-refractivity contribution in [3.8, 4) is 0 Å². The summed E-state index contributed by atoms with van der Waals surface area (Å²) in [5, 5.41) is 5.28. The van der Waals surface area contributed by atoms with Gasteiger partial charge in [0.1, 0.15) is 0 Å². The first-order chi connectivity index (χ1) is 9.12. The van der Waals surface area contributed by atoms with Crippen molar-refractivity contribution in [3.05, 3.63) is 46.7 Å². The lowest BCUT2D eigenvalue weighted by atomic mass is 10.3. The van der Waals surface area contributed by atoms with Gasteiger partial charge in [-0.2, -0.15) is 0 Å². The minimum absolute atomic E-state index is 0.288. The van der Waals surface area contributed by atoms with Gasteiger partial charge in [0.2, 0.25) is 10.0 Å². The summed E-state index contributed by atoms with van der Waals surface area (Å²) in [5.74, 6) is 0. The highest BCUT2D eigenvalue weighted by Gasteiger charge is 2.11. The summed E-state index contributed by atoms with van der Waals surface area (Å²) in [5.41, 5.74) is 0.906. The van der Waals surface area contributed by atoms with E-state index in [1.54, 1.807) is 42.5 Å². The summed E-state index contributed by atoms with van der Waals surface area (Å²) in [7, 11) is -3.36. The first-order valence-corrected chi connectivity index (χ1v) is 8.34. The molecule has 0 aliphatic carbocycles. The van der Waals surface area contributed by atoms with Gasteiger partial charge in [-0.15, -0.1) is 11.3 Å². The lowest BCUT2D eigenvalue weighted by molar-refractivity contribution is 0.584. The van der Waals surface area contributed by atoms with Gasteiger partial charge in [-0.25, -0.2) is 13.1 Å². The summed E-state index contributed by atoms with van der Waals surface area (Å²) < 4.78 is 26.0. The molecule has 0 radical (unpaired) electrons. The molecule has 0 fully saturated rings. The first kappa shape index (κ1) is 14.0. The van der Waals surface area contributed by atoms with Gasteiger partial charge < -0.3 is 5.32 Å². The Bertz CT molecular complexity index is 605. The lowest BCUT2D eigenvalue weighted by Crippen LogP contribution is -2.23. The Morgan fingerprint density at radius 3 is 2.47 bits per heavy atom. The Hall–Kier alpha value is -1.37. The van der Waals surface area contributed by atoms with Gasteiger partial charge in [-0.1, -0.05) is 13.0 Å². The molecule has 0 aliphatic rings. The summed E-state index contributed by atoms with van der Waals surface area (Å²) in [6.45, 7) is 2.90. The molecule has 0 saturated heterocycles. The molecule has 6 heteroatoms. The van der Waals surface area contributed by atoms with E-state index < -0.39 is 10.0 Å². The number of sulfonamides is 1. The monoisotopic (exact) mass is 296 g/mol. The quantitative estimate of drug-likeness (QED) is 0.861. The molecule has 19 heavy (non-hydrogen) atoms. The number of anilines is 1. The van der Waals surface area contributed by atoms with Crippen LogP contribution in [0.5, 0.6) is 0 Å². The number of rotatable bonds is 6. The smallest absolute Gasteiger partial charge is 0.240 e. The molecular weight excluding hydrogens is 280 g/mol. The third-order valence-electron chi connectivity index (χ3n) is 2.55. The third kappa shape index (κ3) is 3.79. The van der Waals surface area contributed by atoms with E-state index in [4.69, 9.17) is 0 Å². The van der Waals surface area contributed by atoms with Crippen LogP contribution in [0.1, 0.15) is 11.8 Å². The van der Waals surface area contributed by atoms with Crippen molar-refractivity contribution in [2.45, 2.75) is 18.4 Å². The molecule has 102 valence electrons. The molecule has 0 saturated carbocycles. The second-order valence-corrected chi connectivity index (χ2v) is 6.76. The van der Waals surface area contributed by atoms with Crippen LogP contribution in [-0.2, 0) is 16.6 Å². The van der Waals surface area contributed by atoms with Crippen molar-refractivity contribution in [2.75, 3.05) is 11.9 Å². The zero-order chi connectivity index (χ0) is 13.7. The summed E-state index contributed by atoms with van der Waals surface area (Å²) in [4.78, 5) is 1.53. The van der Waals surface area contributed by atoms with E-state index in [-0.39, 0.29) is 4.90 Å². The van der Waals surface area contributed by atoms with Gasteiger partial charge >= 0.3 is 0 Å². The largest absolute Gasteiger partial charge is 0.380 e. The van der Waals surface area contributed by atoms with Crippen LogP contribution in [0.4, 0.5) is 5.69 Å². The topological polar surface area (TPSA) is 58.2 Å². The Morgan fingerprint density at radius 1 is 1.16 bits per heavy atom. The van der Waals surface area contributed by atoms with E-state index in [1.165, 1.54) is 4.88 Å². The van der Waals surface area contributed by atoms with Crippen LogP contribution in [-0.4, -0.2) is 15.0 Å². The predicted molar refractivity (Wildman–Crippen MR) is 79.0 cm³/mol. The van der Waals surface area contributed by atoms with Crippen LogP contribution in [0, 0.1) is 0 Å². The van der Waals surface area contributed by atoms with E-state index in [1.807, 2.05) is 11.4 Å². The van der Waals surface area contributed by atoms with Crippen LogP contribution >= 0.6 is 11.3 Å². The minimum atomic E-state index is -3.36. The number of hydrogen-bond donors (Lipinski definition) is 2. The maximum atomic E-state index is 11.8. The fourth-order valence-corrected chi connectivity index (χ4v) is 3.31. The Morgan fingerprint density at radius 2 is 1.89 bits per heavy atom. The highest BCUT2D eigenvalue weighted by atomic mass is 32.2. The number of thiophene rings is 1. The van der Waals surface area contributed by atoms with Crippen molar-refractivity contribution < 1.29 is 8.42 Å². The van der Waals surface area contributed by atoms with Gasteiger partial charge in [0.15, 0.2) is 0 Å². The Kier molecular flexibility index (Phi) is 4.57. The van der Waals surface area contributed by atoms with Crippen LogP contribution in [0.25, 0.3) is 0 Å². The highest BCUT2D eigenvalue weighted by Crippen LogP contribution is 2.16. The van der Waals surface area contributed by atoms with Gasteiger partial charge in [0.05, 0.1) is 4.90 Å². The fourth-order valence-electron chi connectivity index (χ4n) is 1.63. The molecule has 0 aliphatic heterocycles.